The van der Waals surface area contributed by atoms with Gasteiger partial charge < -0.3 is 24.7 Å². The summed E-state index contributed by atoms with van der Waals surface area (Å²) in [6, 6.07) is 0. The molecular weight excluding hydrogens is 325 g/mol. The standard InChI is InChI=1S/H14O8Si7/c1-2-10-4-12-6-14-8-15-7-13-5-11-3-9-1/h9-15H2. The predicted octanol–water partition coefficient (Wildman–Crippen LogP) is -6.96. The number of hydrogen-bond donors (Lipinski definition) is 0. The average Bonchev–Trinajstić information content (AvgIpc) is 2.27. The van der Waals surface area contributed by atoms with Gasteiger partial charge in [0.15, 0.2) is 0 Å². The highest BCUT2D eigenvalue weighted by molar-refractivity contribution is 6.48. The summed E-state index contributed by atoms with van der Waals surface area (Å²) in [6.07, 6.45) is 0. The van der Waals surface area contributed by atoms with Crippen LogP contribution < -0.4 is 0 Å². The lowest BCUT2D eigenvalue weighted by atomic mass is 14.9. The molecule has 0 unspecified atom stereocenters. The molecule has 0 aromatic heterocycles. The van der Waals surface area contributed by atoms with Crippen LogP contribution >= 0.6 is 0 Å². The molecule has 15 heteroatoms. The first kappa shape index (κ1) is 14.3. The Hall–Kier alpha value is 1.20. The van der Waals surface area contributed by atoms with Crippen molar-refractivity contribution in [2.24, 2.45) is 0 Å². The van der Waals surface area contributed by atoms with Crippen molar-refractivity contribution in [1.82, 2.24) is 0 Å². The van der Waals surface area contributed by atoms with Crippen LogP contribution in [0.4, 0.5) is 0 Å². The summed E-state index contributed by atoms with van der Waals surface area (Å²) in [7, 11) is -6.57. The molecule has 15 heavy (non-hydrogen) atoms. The largest absolute Gasteiger partial charge is 0.425 e. The first-order valence-corrected chi connectivity index (χ1v) is 12.3. The van der Waals surface area contributed by atoms with Crippen LogP contribution in [0.3, 0.4) is 0 Å². The molecule has 90 valence electrons. The van der Waals surface area contributed by atoms with Crippen LogP contribution in [0, 0.1) is 0 Å². The Morgan fingerprint density at radius 1 is 0.333 bits per heavy atom. The van der Waals surface area contributed by atoms with E-state index in [1.54, 1.807) is 0 Å². The fourth-order valence-corrected chi connectivity index (χ4v) is 11.0. The molecule has 1 heterocycles. The van der Waals surface area contributed by atoms with Gasteiger partial charge in [-0.25, -0.2) is 0 Å². The van der Waals surface area contributed by atoms with Crippen molar-refractivity contribution in [3.8, 4) is 0 Å². The minimum Gasteiger partial charge on any atom is -0.425 e. The molecule has 0 radical (unpaired) electrons. The highest BCUT2D eigenvalue weighted by atomic mass is 28.4. The van der Waals surface area contributed by atoms with Gasteiger partial charge in [-0.15, -0.1) is 0 Å². The minimum absolute atomic E-state index is 0.875. The molecule has 8 nitrogen and oxygen atoms in total. The normalized spacial score (nSPS) is 35.2. The SMILES string of the molecule is O1O[SiH2]O[SiH2]O[SiH2]O[SiH2]O[SiH2]O[SiH2]O[SiH2]1. The quantitative estimate of drug-likeness (QED) is 0.319. The topological polar surface area (TPSA) is 73.8 Å². The van der Waals surface area contributed by atoms with Gasteiger partial charge in [-0.2, -0.15) is 0 Å². The van der Waals surface area contributed by atoms with E-state index in [1.807, 2.05) is 0 Å². The monoisotopic (exact) mass is 338 g/mol. The van der Waals surface area contributed by atoms with Gasteiger partial charge in [0, 0.05) is 0 Å². The summed E-state index contributed by atoms with van der Waals surface area (Å²) < 4.78 is 41.2. The van der Waals surface area contributed by atoms with E-state index in [9.17, 15) is 0 Å². The molecule has 0 saturated carbocycles. The van der Waals surface area contributed by atoms with E-state index < -0.39 is 70.0 Å². The van der Waals surface area contributed by atoms with E-state index in [2.05, 4.69) is 0 Å². The van der Waals surface area contributed by atoms with Crippen molar-refractivity contribution in [2.45, 2.75) is 0 Å². The number of hydrogen-bond acceptors (Lipinski definition) is 8. The lowest BCUT2D eigenvalue weighted by Crippen LogP contribution is -2.19. The zero-order chi connectivity index (χ0) is 10.6. The molecule has 0 bridgehead atoms. The molecule has 1 aliphatic rings. The maximum atomic E-state index is 5.28. The first-order chi connectivity index (χ1) is 7.50. The molecule has 0 spiro atoms. The Morgan fingerprint density at radius 2 is 0.600 bits per heavy atom. The third-order valence-electron chi connectivity index (χ3n) is 1.18. The van der Waals surface area contributed by atoms with E-state index in [0.29, 0.717) is 0 Å². The zero-order valence-corrected chi connectivity index (χ0v) is 18.1. The maximum absolute atomic E-state index is 5.28. The second kappa shape index (κ2) is 11.7. The molecule has 0 aromatic carbocycles. The van der Waals surface area contributed by atoms with Crippen LogP contribution in [0.25, 0.3) is 0 Å². The van der Waals surface area contributed by atoms with Gasteiger partial charge in [0.05, 0.1) is 0 Å². The van der Waals surface area contributed by atoms with Gasteiger partial charge in [-0.05, 0) is 0 Å². The Labute approximate surface area is 104 Å². The van der Waals surface area contributed by atoms with Crippen molar-refractivity contribution in [1.29, 1.82) is 0 Å². The van der Waals surface area contributed by atoms with Gasteiger partial charge >= 0.3 is 20.0 Å². The van der Waals surface area contributed by atoms with Crippen molar-refractivity contribution < 1.29 is 33.8 Å². The third kappa shape index (κ3) is 10.1. The summed E-state index contributed by atoms with van der Waals surface area (Å²) in [4.78, 5) is 0. The molecule has 0 amide bonds. The van der Waals surface area contributed by atoms with Gasteiger partial charge in [0.25, 0.3) is 50.0 Å². The molecule has 1 fully saturated rings. The lowest BCUT2D eigenvalue weighted by Gasteiger charge is -2.05. The summed E-state index contributed by atoms with van der Waals surface area (Å²) in [6.45, 7) is 0. The summed E-state index contributed by atoms with van der Waals surface area (Å²) >= 11 is 0. The Kier molecular flexibility index (Phi) is 11.1. The third-order valence-corrected chi connectivity index (χ3v) is 10.0. The second-order valence-electron chi connectivity index (χ2n) is 2.29. The van der Waals surface area contributed by atoms with E-state index in [0.717, 1.165) is 0 Å². The van der Waals surface area contributed by atoms with Gasteiger partial charge in [-0.1, -0.05) is 0 Å². The highest BCUT2D eigenvalue weighted by Gasteiger charge is 1.98. The number of rotatable bonds is 0. The first-order valence-electron chi connectivity index (χ1n) is 4.21. The maximum Gasteiger partial charge on any atom is 0.334 e. The predicted molar refractivity (Wildman–Crippen MR) is 68.5 cm³/mol. The van der Waals surface area contributed by atoms with Crippen LogP contribution in [0.1, 0.15) is 0 Å². The van der Waals surface area contributed by atoms with Crippen LogP contribution in [0.15, 0.2) is 0 Å². The zero-order valence-electron chi connectivity index (χ0n) is 8.22. The smallest absolute Gasteiger partial charge is 0.334 e. The van der Waals surface area contributed by atoms with Gasteiger partial charge in [0.2, 0.25) is 0 Å². The molecule has 0 aromatic rings. The molecule has 1 saturated heterocycles. The van der Waals surface area contributed by atoms with Gasteiger partial charge in [0.1, 0.15) is 0 Å². The summed E-state index contributed by atoms with van der Waals surface area (Å²) in [5, 5.41) is 0. The molecule has 1 rings (SSSR count). The molecule has 0 atom stereocenters. The fraction of sp³-hybridized carbons (Fsp3) is 0. The fourth-order valence-electron chi connectivity index (χ4n) is 0.635. The summed E-state index contributed by atoms with van der Waals surface area (Å²) in [5.74, 6) is 0. The van der Waals surface area contributed by atoms with Crippen molar-refractivity contribution in [2.75, 3.05) is 0 Å². The van der Waals surface area contributed by atoms with Gasteiger partial charge in [-0.3, -0.25) is 9.15 Å². The van der Waals surface area contributed by atoms with Crippen molar-refractivity contribution in [3.05, 3.63) is 0 Å². The molecule has 1 aliphatic heterocycles. The van der Waals surface area contributed by atoms with E-state index in [-0.39, 0.29) is 0 Å². The van der Waals surface area contributed by atoms with E-state index in [1.165, 1.54) is 0 Å². The van der Waals surface area contributed by atoms with E-state index in [4.69, 9.17) is 33.8 Å². The highest BCUT2D eigenvalue weighted by Crippen LogP contribution is 1.81. The van der Waals surface area contributed by atoms with Crippen LogP contribution in [-0.4, -0.2) is 70.0 Å². The lowest BCUT2D eigenvalue weighted by molar-refractivity contribution is -0.120. The Bertz CT molecular complexity index is 73.6. The van der Waals surface area contributed by atoms with Crippen molar-refractivity contribution in [3.63, 3.8) is 0 Å². The molecule has 0 N–H and O–H groups in total. The summed E-state index contributed by atoms with van der Waals surface area (Å²) in [5.41, 5.74) is 0. The minimum atomic E-state index is -1.04. The second-order valence-corrected chi connectivity index (χ2v) is 14.2. The average molecular weight is 339 g/mol. The van der Waals surface area contributed by atoms with Crippen molar-refractivity contribution >= 4 is 70.0 Å². The molecular formula is H14O8Si7. The Balaban J connectivity index is 2.01. The Morgan fingerprint density at radius 3 is 0.933 bits per heavy atom. The van der Waals surface area contributed by atoms with Crippen LogP contribution in [0.5, 0.6) is 0 Å². The van der Waals surface area contributed by atoms with Crippen LogP contribution in [0.2, 0.25) is 0 Å². The molecule has 0 aliphatic carbocycles. The van der Waals surface area contributed by atoms with E-state index >= 15 is 0 Å². The van der Waals surface area contributed by atoms with Crippen LogP contribution in [-0.2, 0) is 33.8 Å².